The fraction of sp³-hybridized carbons (Fsp3) is 0.636. The molecule has 1 aromatic heterocycles. The maximum absolute atomic E-state index is 12.6. The predicted octanol–water partition coefficient (Wildman–Crippen LogP) is 0.843. The monoisotopic (exact) mass is 281 g/mol. The fourth-order valence-corrected chi connectivity index (χ4v) is 1.87. The third-order valence-electron chi connectivity index (χ3n) is 2.13. The zero-order valence-electron chi connectivity index (χ0n) is 9.81. The van der Waals surface area contributed by atoms with Crippen LogP contribution in [0.1, 0.15) is 4.88 Å². The summed E-state index contributed by atoms with van der Waals surface area (Å²) in [6, 6.07) is 3.81. The Morgan fingerprint density at radius 1 is 1.50 bits per heavy atom. The molecule has 0 saturated heterocycles. The minimum absolute atomic E-state index is 0.0000302. The molecule has 1 unspecified atom stereocenters. The van der Waals surface area contributed by atoms with Gasteiger partial charge in [0, 0.05) is 11.4 Å². The van der Waals surface area contributed by atoms with Gasteiger partial charge >= 0.3 is 0 Å². The lowest BCUT2D eigenvalue weighted by molar-refractivity contribution is -0.0504. The van der Waals surface area contributed by atoms with Gasteiger partial charge in [-0.2, -0.15) is 0 Å². The van der Waals surface area contributed by atoms with Gasteiger partial charge in [-0.05, 0) is 11.4 Å². The van der Waals surface area contributed by atoms with E-state index in [4.69, 9.17) is 9.84 Å². The summed E-state index contributed by atoms with van der Waals surface area (Å²) in [4.78, 5) is 1.04. The van der Waals surface area contributed by atoms with Crippen LogP contribution in [0.25, 0.3) is 0 Å². The molecule has 0 fully saturated rings. The topological polar surface area (TPSA) is 61.7 Å². The number of aliphatic hydroxyl groups is 2. The molecule has 0 aliphatic rings. The smallest absolute Gasteiger partial charge is 0.282 e. The van der Waals surface area contributed by atoms with Crippen LogP contribution in [0.4, 0.5) is 8.78 Å². The van der Waals surface area contributed by atoms with E-state index in [9.17, 15) is 13.9 Å². The molecule has 3 N–H and O–H groups in total. The summed E-state index contributed by atoms with van der Waals surface area (Å²) in [5.41, 5.74) is 0. The Kier molecular flexibility index (Phi) is 6.66. The molecule has 0 aliphatic heterocycles. The van der Waals surface area contributed by atoms with Crippen molar-refractivity contribution >= 4 is 11.3 Å². The lowest BCUT2D eigenvalue weighted by atomic mass is 10.3. The summed E-state index contributed by atoms with van der Waals surface area (Å²) in [5.74, 6) is -3.16. The van der Waals surface area contributed by atoms with Crippen molar-refractivity contribution < 1.29 is 23.7 Å². The molecule has 7 heteroatoms. The number of thiophene rings is 1. The number of ether oxygens (including phenoxy) is 1. The number of hydrogen-bond donors (Lipinski definition) is 3. The van der Waals surface area contributed by atoms with Crippen LogP contribution in [-0.4, -0.2) is 48.5 Å². The van der Waals surface area contributed by atoms with Crippen LogP contribution in [0.5, 0.6) is 0 Å². The first-order chi connectivity index (χ1) is 8.53. The van der Waals surface area contributed by atoms with Crippen molar-refractivity contribution in [3.63, 3.8) is 0 Å². The molecule has 104 valence electrons. The largest absolute Gasteiger partial charge is 0.390 e. The quantitative estimate of drug-likeness (QED) is 0.628. The normalized spacial score (nSPS) is 13.8. The second-order valence-electron chi connectivity index (χ2n) is 3.89. The van der Waals surface area contributed by atoms with E-state index in [1.54, 1.807) is 11.3 Å². The highest BCUT2D eigenvalue weighted by Gasteiger charge is 2.27. The van der Waals surface area contributed by atoms with Crippen LogP contribution in [0.15, 0.2) is 17.5 Å². The fourth-order valence-electron chi connectivity index (χ4n) is 1.23. The van der Waals surface area contributed by atoms with Crippen molar-refractivity contribution in [1.82, 2.24) is 5.32 Å². The number of alkyl halides is 2. The Balaban J connectivity index is 2.05. The van der Waals surface area contributed by atoms with Crippen LogP contribution >= 0.6 is 11.3 Å². The third kappa shape index (κ3) is 6.36. The Hall–Kier alpha value is -0.600. The van der Waals surface area contributed by atoms with Crippen molar-refractivity contribution in [2.24, 2.45) is 0 Å². The number of hydrogen-bond acceptors (Lipinski definition) is 5. The van der Waals surface area contributed by atoms with Crippen LogP contribution < -0.4 is 5.32 Å². The molecule has 0 amide bonds. The van der Waals surface area contributed by atoms with E-state index in [1.165, 1.54) is 0 Å². The van der Waals surface area contributed by atoms with Gasteiger partial charge < -0.3 is 20.3 Å². The van der Waals surface area contributed by atoms with Gasteiger partial charge in [-0.25, -0.2) is 8.78 Å². The van der Waals surface area contributed by atoms with Crippen LogP contribution in [0.2, 0.25) is 0 Å². The maximum atomic E-state index is 12.6. The zero-order chi connectivity index (χ0) is 13.4. The summed E-state index contributed by atoms with van der Waals surface area (Å²) in [6.45, 7) is -1.38. The molecule has 0 aliphatic carbocycles. The molecule has 1 aromatic rings. The van der Waals surface area contributed by atoms with E-state index in [0.717, 1.165) is 4.88 Å². The Morgan fingerprint density at radius 2 is 2.28 bits per heavy atom. The SMILES string of the molecule is OCC(F)(F)CNCC(O)COCc1cccs1. The summed E-state index contributed by atoms with van der Waals surface area (Å²) in [7, 11) is 0. The second-order valence-corrected chi connectivity index (χ2v) is 4.93. The van der Waals surface area contributed by atoms with Crippen molar-refractivity contribution in [3.05, 3.63) is 22.4 Å². The van der Waals surface area contributed by atoms with E-state index in [0.29, 0.717) is 6.61 Å². The van der Waals surface area contributed by atoms with E-state index in [1.807, 2.05) is 17.5 Å². The standard InChI is InChI=1S/C11H17F2NO3S/c12-11(13,8-15)7-14-4-9(16)5-17-6-10-2-1-3-18-10/h1-3,9,14-16H,4-8H2. The zero-order valence-corrected chi connectivity index (χ0v) is 10.6. The molecule has 4 nitrogen and oxygen atoms in total. The molecule has 0 spiro atoms. The Bertz CT molecular complexity index is 322. The van der Waals surface area contributed by atoms with Gasteiger partial charge in [-0.1, -0.05) is 6.07 Å². The van der Waals surface area contributed by atoms with Crippen LogP contribution in [0, 0.1) is 0 Å². The van der Waals surface area contributed by atoms with Crippen molar-refractivity contribution in [1.29, 1.82) is 0 Å². The number of aliphatic hydroxyl groups excluding tert-OH is 2. The molecule has 1 rings (SSSR count). The predicted molar refractivity (Wildman–Crippen MR) is 64.9 cm³/mol. The highest BCUT2D eigenvalue weighted by molar-refractivity contribution is 7.09. The van der Waals surface area contributed by atoms with Gasteiger partial charge in [0.1, 0.15) is 6.61 Å². The molecule has 18 heavy (non-hydrogen) atoms. The van der Waals surface area contributed by atoms with Gasteiger partial charge in [0.05, 0.1) is 25.9 Å². The van der Waals surface area contributed by atoms with Gasteiger partial charge in [-0.15, -0.1) is 11.3 Å². The summed E-state index contributed by atoms with van der Waals surface area (Å²) >= 11 is 1.55. The number of nitrogens with one attached hydrogen (secondary N) is 1. The average molecular weight is 281 g/mol. The van der Waals surface area contributed by atoms with E-state index in [-0.39, 0.29) is 13.2 Å². The first-order valence-corrected chi connectivity index (χ1v) is 6.39. The summed E-state index contributed by atoms with van der Waals surface area (Å²) in [5, 5.41) is 22.1. The molecular formula is C11H17F2NO3S. The summed E-state index contributed by atoms with van der Waals surface area (Å²) in [6.07, 6.45) is -0.848. The van der Waals surface area contributed by atoms with Crippen molar-refractivity contribution in [2.45, 2.75) is 18.6 Å². The van der Waals surface area contributed by atoms with Crippen LogP contribution in [-0.2, 0) is 11.3 Å². The van der Waals surface area contributed by atoms with Crippen molar-refractivity contribution in [3.8, 4) is 0 Å². The molecule has 1 atom stereocenters. The number of rotatable bonds is 9. The highest BCUT2D eigenvalue weighted by Crippen LogP contribution is 2.10. The summed E-state index contributed by atoms with van der Waals surface area (Å²) < 4.78 is 30.5. The first-order valence-electron chi connectivity index (χ1n) is 5.51. The molecule has 0 saturated carbocycles. The molecule has 0 aromatic carbocycles. The molecule has 0 radical (unpaired) electrons. The van der Waals surface area contributed by atoms with Crippen molar-refractivity contribution in [2.75, 3.05) is 26.3 Å². The van der Waals surface area contributed by atoms with Gasteiger partial charge in [0.2, 0.25) is 0 Å². The van der Waals surface area contributed by atoms with E-state index >= 15 is 0 Å². The van der Waals surface area contributed by atoms with Gasteiger partial charge in [0.15, 0.2) is 0 Å². The Morgan fingerprint density at radius 3 is 2.89 bits per heavy atom. The minimum Gasteiger partial charge on any atom is -0.390 e. The molecule has 1 heterocycles. The second kappa shape index (κ2) is 7.75. The highest BCUT2D eigenvalue weighted by atomic mass is 32.1. The average Bonchev–Trinajstić information content (AvgIpc) is 2.82. The molecular weight excluding hydrogens is 264 g/mol. The van der Waals surface area contributed by atoms with E-state index < -0.39 is 25.2 Å². The first kappa shape index (κ1) is 15.5. The van der Waals surface area contributed by atoms with Crippen LogP contribution in [0.3, 0.4) is 0 Å². The minimum atomic E-state index is -3.16. The third-order valence-corrected chi connectivity index (χ3v) is 2.98. The maximum Gasteiger partial charge on any atom is 0.282 e. The Labute approximate surface area is 108 Å². The van der Waals surface area contributed by atoms with Gasteiger partial charge in [0.25, 0.3) is 5.92 Å². The molecule has 0 bridgehead atoms. The van der Waals surface area contributed by atoms with Gasteiger partial charge in [-0.3, -0.25) is 0 Å². The lowest BCUT2D eigenvalue weighted by Crippen LogP contribution is -2.40. The lowest BCUT2D eigenvalue weighted by Gasteiger charge is -2.16. The number of halogens is 2. The van der Waals surface area contributed by atoms with E-state index in [2.05, 4.69) is 5.32 Å².